The van der Waals surface area contributed by atoms with E-state index in [0.29, 0.717) is 5.56 Å². The Morgan fingerprint density at radius 3 is 2.47 bits per heavy atom. The van der Waals surface area contributed by atoms with E-state index in [-0.39, 0.29) is 5.57 Å². The van der Waals surface area contributed by atoms with Crippen molar-refractivity contribution in [2.24, 2.45) is 0 Å². The Morgan fingerprint density at radius 2 is 1.94 bits per heavy atom. The number of aryl methyl sites for hydroxylation is 1. The highest BCUT2D eigenvalue weighted by molar-refractivity contribution is 6.22. The van der Waals surface area contributed by atoms with Crippen LogP contribution >= 0.6 is 0 Å². The minimum absolute atomic E-state index is 0.161. The molecule has 0 aliphatic carbocycles. The third kappa shape index (κ3) is 3.29. The van der Waals surface area contributed by atoms with Crippen LogP contribution in [0.25, 0.3) is 5.57 Å². The van der Waals surface area contributed by atoms with Crippen LogP contribution < -0.4 is 0 Å². The van der Waals surface area contributed by atoms with E-state index in [9.17, 15) is 9.59 Å². The molecule has 0 saturated carbocycles. The lowest BCUT2D eigenvalue weighted by Crippen LogP contribution is -2.08. The molecule has 0 saturated heterocycles. The van der Waals surface area contributed by atoms with E-state index in [0.717, 1.165) is 11.6 Å². The normalized spacial score (nSPS) is 10.9. The van der Waals surface area contributed by atoms with Crippen LogP contribution in [0, 0.1) is 6.92 Å². The summed E-state index contributed by atoms with van der Waals surface area (Å²) >= 11 is 0. The molecule has 0 fully saturated rings. The SMILES string of the molecule is COC(=O)/C(=C/C(=O)O[Si])c1ccccc1C. The van der Waals surface area contributed by atoms with Crippen molar-refractivity contribution in [2.75, 3.05) is 7.11 Å². The van der Waals surface area contributed by atoms with Gasteiger partial charge < -0.3 is 9.16 Å². The van der Waals surface area contributed by atoms with Crippen LogP contribution in [0.15, 0.2) is 30.3 Å². The summed E-state index contributed by atoms with van der Waals surface area (Å²) in [5.41, 5.74) is 1.66. The third-order valence-corrected chi connectivity index (χ3v) is 2.40. The van der Waals surface area contributed by atoms with Crippen molar-refractivity contribution in [3.63, 3.8) is 0 Å². The van der Waals surface area contributed by atoms with Crippen LogP contribution in [0.2, 0.25) is 0 Å². The van der Waals surface area contributed by atoms with Gasteiger partial charge in [0.25, 0.3) is 0 Å². The molecule has 0 aromatic heterocycles. The van der Waals surface area contributed by atoms with E-state index in [1.165, 1.54) is 7.11 Å². The lowest BCUT2D eigenvalue weighted by Gasteiger charge is -2.08. The molecule has 1 rings (SSSR count). The summed E-state index contributed by atoms with van der Waals surface area (Å²) in [6.45, 7) is 1.84. The number of hydrogen-bond donors (Lipinski definition) is 0. The molecule has 87 valence electrons. The number of ether oxygens (including phenoxy) is 1. The Morgan fingerprint density at radius 1 is 1.29 bits per heavy atom. The van der Waals surface area contributed by atoms with Crippen LogP contribution in [-0.2, 0) is 18.8 Å². The zero-order chi connectivity index (χ0) is 12.8. The molecular weight excluding hydrogens is 236 g/mol. The first-order valence-electron chi connectivity index (χ1n) is 4.83. The Hall–Kier alpha value is -1.88. The highest BCUT2D eigenvalue weighted by Gasteiger charge is 2.16. The van der Waals surface area contributed by atoms with Crippen molar-refractivity contribution < 1.29 is 18.8 Å². The van der Waals surface area contributed by atoms with Gasteiger partial charge in [-0.1, -0.05) is 24.3 Å². The van der Waals surface area contributed by atoms with E-state index < -0.39 is 11.9 Å². The molecule has 1 aromatic rings. The van der Waals surface area contributed by atoms with Crippen molar-refractivity contribution in [3.05, 3.63) is 41.5 Å². The van der Waals surface area contributed by atoms with Gasteiger partial charge in [-0.3, -0.25) is 0 Å². The molecule has 0 amide bonds. The summed E-state index contributed by atoms with van der Waals surface area (Å²) in [6, 6.07) is 7.19. The molecule has 0 unspecified atom stereocenters. The maximum atomic E-state index is 11.6. The largest absolute Gasteiger partial charge is 0.513 e. The Bertz CT molecular complexity index is 465. The van der Waals surface area contributed by atoms with Crippen LogP contribution in [0.4, 0.5) is 0 Å². The standard InChI is InChI=1S/C12H11O4Si/c1-8-5-3-4-6-9(8)10(12(14)15-2)7-11(13)16-17/h3-7H,1-2H3/b10-7+. The smallest absolute Gasteiger partial charge is 0.345 e. The second-order valence-corrected chi connectivity index (χ2v) is 3.49. The fourth-order valence-electron chi connectivity index (χ4n) is 1.38. The average molecular weight is 247 g/mol. The maximum Gasteiger partial charge on any atom is 0.345 e. The predicted octanol–water partition coefficient (Wildman–Crippen LogP) is 1.18. The van der Waals surface area contributed by atoms with Crippen molar-refractivity contribution in [2.45, 2.75) is 6.92 Å². The lowest BCUT2D eigenvalue weighted by molar-refractivity contribution is -0.134. The van der Waals surface area contributed by atoms with Gasteiger partial charge in [0, 0.05) is 6.08 Å². The molecule has 4 nitrogen and oxygen atoms in total. The molecule has 0 bridgehead atoms. The van der Waals surface area contributed by atoms with E-state index >= 15 is 0 Å². The van der Waals surface area contributed by atoms with E-state index in [4.69, 9.17) is 0 Å². The zero-order valence-corrected chi connectivity index (χ0v) is 10.5. The summed E-state index contributed by atoms with van der Waals surface area (Å²) in [7, 11) is 3.86. The van der Waals surface area contributed by atoms with E-state index in [2.05, 4.69) is 19.6 Å². The van der Waals surface area contributed by atoms with Crippen molar-refractivity contribution in [1.82, 2.24) is 0 Å². The molecule has 17 heavy (non-hydrogen) atoms. The van der Waals surface area contributed by atoms with Crippen LogP contribution in [0.3, 0.4) is 0 Å². The van der Waals surface area contributed by atoms with Gasteiger partial charge in [-0.25, -0.2) is 9.59 Å². The molecule has 0 aliphatic rings. The molecule has 1 aromatic carbocycles. The highest BCUT2D eigenvalue weighted by Crippen LogP contribution is 2.19. The van der Waals surface area contributed by atoms with Gasteiger partial charge in [0.2, 0.25) is 0 Å². The van der Waals surface area contributed by atoms with Gasteiger partial charge in [-0.05, 0) is 18.1 Å². The maximum absolute atomic E-state index is 11.6. The van der Waals surface area contributed by atoms with Crippen molar-refractivity contribution in [1.29, 1.82) is 0 Å². The van der Waals surface area contributed by atoms with Crippen molar-refractivity contribution >= 4 is 28.0 Å². The third-order valence-electron chi connectivity index (χ3n) is 2.20. The van der Waals surface area contributed by atoms with Gasteiger partial charge in [-0.2, -0.15) is 0 Å². The van der Waals surface area contributed by atoms with Crippen molar-refractivity contribution in [3.8, 4) is 0 Å². The number of carbonyl (C=O) groups excluding carboxylic acids is 2. The molecule has 0 N–H and O–H groups in total. The Labute approximate surface area is 103 Å². The topological polar surface area (TPSA) is 52.6 Å². The molecule has 0 spiro atoms. The first-order valence-corrected chi connectivity index (χ1v) is 5.24. The number of esters is 1. The minimum Gasteiger partial charge on any atom is -0.513 e. The molecular formula is C12H11O4Si. The number of carbonyl (C=O) groups is 2. The fourth-order valence-corrected chi connectivity index (χ4v) is 1.44. The fraction of sp³-hybridized carbons (Fsp3) is 0.167. The summed E-state index contributed by atoms with van der Waals surface area (Å²) in [6.07, 6.45) is 1.08. The molecule has 3 radical (unpaired) electrons. The lowest BCUT2D eigenvalue weighted by atomic mass is 10.0. The zero-order valence-electron chi connectivity index (χ0n) is 9.52. The minimum atomic E-state index is -0.676. The first-order chi connectivity index (χ1) is 8.10. The summed E-state index contributed by atoms with van der Waals surface area (Å²) < 4.78 is 8.96. The number of methoxy groups -OCH3 is 1. The molecule has 0 heterocycles. The highest BCUT2D eigenvalue weighted by atomic mass is 28.2. The van der Waals surface area contributed by atoms with Crippen LogP contribution in [0.1, 0.15) is 11.1 Å². The van der Waals surface area contributed by atoms with Crippen LogP contribution in [-0.4, -0.2) is 29.5 Å². The van der Waals surface area contributed by atoms with Gasteiger partial charge in [0.1, 0.15) is 0 Å². The Kier molecular flexibility index (Phi) is 4.65. The van der Waals surface area contributed by atoms with E-state index in [1.807, 2.05) is 19.1 Å². The second kappa shape index (κ2) is 6.00. The summed E-state index contributed by atoms with van der Waals surface area (Å²) in [5.74, 6) is -1.26. The van der Waals surface area contributed by atoms with Crippen LogP contribution in [0.5, 0.6) is 0 Å². The molecule has 0 aliphatic heterocycles. The van der Waals surface area contributed by atoms with Gasteiger partial charge in [0.05, 0.1) is 12.7 Å². The average Bonchev–Trinajstić information content (AvgIpc) is 2.35. The predicted molar refractivity (Wildman–Crippen MR) is 63.0 cm³/mol. The van der Waals surface area contributed by atoms with E-state index in [1.54, 1.807) is 12.1 Å². The summed E-state index contributed by atoms with van der Waals surface area (Å²) in [5, 5.41) is 0. The van der Waals surface area contributed by atoms with Gasteiger partial charge in [0.15, 0.2) is 0 Å². The Balaban J connectivity index is 3.25. The number of hydrogen-bond acceptors (Lipinski definition) is 4. The monoisotopic (exact) mass is 247 g/mol. The molecule has 5 heteroatoms. The molecule has 0 atom stereocenters. The van der Waals surface area contributed by atoms with Gasteiger partial charge in [-0.15, -0.1) is 0 Å². The first kappa shape index (κ1) is 13.2. The van der Waals surface area contributed by atoms with Gasteiger partial charge >= 0.3 is 22.4 Å². The number of benzene rings is 1. The number of rotatable bonds is 3. The second-order valence-electron chi connectivity index (χ2n) is 3.29. The summed E-state index contributed by atoms with van der Waals surface area (Å²) in [4.78, 5) is 22.8. The quantitative estimate of drug-likeness (QED) is 0.457.